The molecule has 0 unspecified atom stereocenters. The van der Waals surface area contributed by atoms with Gasteiger partial charge in [-0.3, -0.25) is 15.5 Å². The molecule has 2 atom stereocenters. The van der Waals surface area contributed by atoms with Gasteiger partial charge < -0.3 is 39.1 Å². The number of aliphatic hydroxyl groups is 1. The van der Waals surface area contributed by atoms with E-state index in [2.05, 4.69) is 21.2 Å². The zero-order valence-electron chi connectivity index (χ0n) is 24.3. The van der Waals surface area contributed by atoms with Gasteiger partial charge in [-0.2, -0.15) is 5.10 Å². The first-order valence-electron chi connectivity index (χ1n) is 13.3. The van der Waals surface area contributed by atoms with E-state index in [1.54, 1.807) is 44.2 Å². The van der Waals surface area contributed by atoms with Crippen LogP contribution in [0.1, 0.15) is 31.2 Å². The van der Waals surface area contributed by atoms with Gasteiger partial charge in [0.15, 0.2) is 17.7 Å². The third-order valence-electron chi connectivity index (χ3n) is 6.38. The van der Waals surface area contributed by atoms with Crippen LogP contribution in [0.5, 0.6) is 17.2 Å². The predicted octanol–water partition coefficient (Wildman–Crippen LogP) is 3.38. The number of methoxy groups -OCH3 is 2. The number of nitro groups is 1. The monoisotopic (exact) mass is 609 g/mol. The Bertz CT molecular complexity index is 1600. The number of hydrogen-bond acceptors (Lipinski definition) is 12. The van der Waals surface area contributed by atoms with Crippen molar-refractivity contribution in [3.8, 4) is 28.6 Å². The van der Waals surface area contributed by atoms with Gasteiger partial charge in [0.25, 0.3) is 5.69 Å². The van der Waals surface area contributed by atoms with Crippen LogP contribution < -0.4 is 30.3 Å². The number of nitrogens with zero attached hydrogens (tertiary/aromatic N) is 2. The summed E-state index contributed by atoms with van der Waals surface area (Å²) < 4.78 is 27.4. The van der Waals surface area contributed by atoms with Gasteiger partial charge in [0.05, 0.1) is 55.2 Å². The highest BCUT2D eigenvalue weighted by molar-refractivity contribution is 5.95. The maximum absolute atomic E-state index is 12.4. The zero-order chi connectivity index (χ0) is 31.8. The largest absolute Gasteiger partial charge is 0.496 e. The van der Waals surface area contributed by atoms with Gasteiger partial charge >= 0.3 is 12.0 Å². The van der Waals surface area contributed by atoms with Crippen LogP contribution in [0.2, 0.25) is 0 Å². The second kappa shape index (κ2) is 14.1. The number of ether oxygens (including phenoxy) is 4. The molecular weight excluding hydrogens is 578 g/mol. The number of esters is 1. The minimum absolute atomic E-state index is 0.112. The minimum Gasteiger partial charge on any atom is -0.496 e. The molecule has 0 bridgehead atoms. The number of hydrogen-bond donors (Lipinski definition) is 4. The molecule has 15 nitrogen and oxygen atoms in total. The molecule has 2 amide bonds. The first kappa shape index (κ1) is 31.4. The molecule has 15 heteroatoms. The third kappa shape index (κ3) is 7.25. The summed E-state index contributed by atoms with van der Waals surface area (Å²) in [5.74, 6) is 1.08. The number of non-ortho nitro benzene ring substituents is 1. The van der Waals surface area contributed by atoms with E-state index in [9.17, 15) is 24.8 Å². The normalized spacial score (nSPS) is 15.3. The fourth-order valence-corrected chi connectivity index (χ4v) is 4.37. The fourth-order valence-electron chi connectivity index (χ4n) is 4.37. The number of nitrogens with one attached hydrogen (secondary N) is 3. The maximum Gasteiger partial charge on any atom is 0.337 e. The van der Waals surface area contributed by atoms with Crippen LogP contribution in [0, 0.1) is 10.1 Å². The highest BCUT2D eigenvalue weighted by atomic mass is 16.6. The molecule has 0 saturated heterocycles. The molecule has 1 aromatic heterocycles. The fraction of sp³-hybridized carbons (Fsp3) is 0.276. The molecule has 3 aromatic rings. The van der Waals surface area contributed by atoms with Crippen molar-refractivity contribution in [1.29, 1.82) is 0 Å². The molecule has 0 fully saturated rings. The molecule has 44 heavy (non-hydrogen) atoms. The maximum atomic E-state index is 12.4. The van der Waals surface area contributed by atoms with Crippen molar-refractivity contribution in [1.82, 2.24) is 16.1 Å². The van der Waals surface area contributed by atoms with Crippen LogP contribution in [-0.2, 0) is 9.53 Å². The Balaban J connectivity index is 1.40. The number of nitro benzene ring substituents is 1. The Kier molecular flexibility index (Phi) is 10.0. The van der Waals surface area contributed by atoms with Crippen LogP contribution >= 0.6 is 0 Å². The van der Waals surface area contributed by atoms with Crippen LogP contribution in [-0.4, -0.2) is 61.9 Å². The minimum atomic E-state index is -1.22. The predicted molar refractivity (Wildman–Crippen MR) is 156 cm³/mol. The highest BCUT2D eigenvalue weighted by Gasteiger charge is 2.32. The molecule has 4 N–H and O–H groups in total. The van der Waals surface area contributed by atoms with Gasteiger partial charge in [0.1, 0.15) is 23.9 Å². The van der Waals surface area contributed by atoms with Gasteiger partial charge in [-0.25, -0.2) is 9.59 Å². The number of amides is 2. The van der Waals surface area contributed by atoms with E-state index in [-0.39, 0.29) is 23.6 Å². The summed E-state index contributed by atoms with van der Waals surface area (Å²) in [6.07, 6.45) is 0.122. The van der Waals surface area contributed by atoms with Crippen molar-refractivity contribution >= 4 is 23.9 Å². The standard InChI is InChI=1S/C29H31N5O10/c1-5-42-24-12-17(27-26(28(36)41-4)16(2)31-29(37)32-27)6-10-22(24)43-15-25(35)33-30-14-19-8-11-21(44-19)20-9-7-18(34(38)39)13-23(20)40-3/h6-14,25,27,33,35H,5,15H2,1-4H3,(H2,31,32,37)/b30-14-/t25-,27-/m0/s1. The highest BCUT2D eigenvalue weighted by Crippen LogP contribution is 2.36. The molecule has 0 spiro atoms. The van der Waals surface area contributed by atoms with Crippen LogP contribution in [0.25, 0.3) is 11.3 Å². The van der Waals surface area contributed by atoms with Crippen molar-refractivity contribution < 1.29 is 43.0 Å². The molecule has 0 aliphatic carbocycles. The lowest BCUT2D eigenvalue weighted by atomic mass is 9.95. The quantitative estimate of drug-likeness (QED) is 0.0729. The van der Waals surface area contributed by atoms with Crippen LogP contribution in [0.3, 0.4) is 0 Å². The second-order valence-electron chi connectivity index (χ2n) is 9.26. The molecule has 4 rings (SSSR count). The number of allylic oxidation sites excluding steroid dienone is 1. The molecule has 232 valence electrons. The van der Waals surface area contributed by atoms with Gasteiger partial charge in [0.2, 0.25) is 0 Å². The van der Waals surface area contributed by atoms with Crippen LogP contribution in [0.15, 0.2) is 69.3 Å². The number of benzene rings is 2. The van der Waals surface area contributed by atoms with E-state index >= 15 is 0 Å². The van der Waals surface area contributed by atoms with Gasteiger partial charge in [-0.15, -0.1) is 0 Å². The number of furan rings is 1. The molecular formula is C29H31N5O10. The molecule has 1 aliphatic rings. The average Bonchev–Trinajstić information content (AvgIpc) is 3.48. The molecule has 0 radical (unpaired) electrons. The summed E-state index contributed by atoms with van der Waals surface area (Å²) >= 11 is 0. The van der Waals surface area contributed by atoms with Crippen molar-refractivity contribution in [2.45, 2.75) is 26.1 Å². The first-order chi connectivity index (χ1) is 21.1. The molecule has 1 aliphatic heterocycles. The lowest BCUT2D eigenvalue weighted by molar-refractivity contribution is -0.384. The Morgan fingerprint density at radius 1 is 1.16 bits per heavy atom. The number of rotatable bonds is 13. The Labute approximate surface area is 251 Å². The summed E-state index contributed by atoms with van der Waals surface area (Å²) in [5, 5.41) is 30.7. The van der Waals surface area contributed by atoms with Gasteiger partial charge in [-0.05, 0) is 49.7 Å². The zero-order valence-corrected chi connectivity index (χ0v) is 24.3. The molecule has 2 aromatic carbocycles. The lowest BCUT2D eigenvalue weighted by Gasteiger charge is -2.28. The lowest BCUT2D eigenvalue weighted by Crippen LogP contribution is -2.45. The summed E-state index contributed by atoms with van der Waals surface area (Å²) in [6, 6.07) is 11.1. The Morgan fingerprint density at radius 2 is 1.95 bits per heavy atom. The number of aliphatic hydroxyl groups excluding tert-OH is 1. The summed E-state index contributed by atoms with van der Waals surface area (Å²) in [7, 11) is 2.66. The van der Waals surface area contributed by atoms with E-state index in [0.717, 1.165) is 0 Å². The van der Waals surface area contributed by atoms with E-state index in [0.29, 0.717) is 46.5 Å². The van der Waals surface area contributed by atoms with E-state index in [1.807, 2.05) is 0 Å². The third-order valence-corrected chi connectivity index (χ3v) is 6.38. The van der Waals surface area contributed by atoms with Crippen molar-refractivity contribution in [3.05, 3.63) is 81.2 Å². The number of hydrazone groups is 1. The summed E-state index contributed by atoms with van der Waals surface area (Å²) in [5.41, 5.74) is 4.11. The van der Waals surface area contributed by atoms with Crippen molar-refractivity contribution in [2.75, 3.05) is 27.4 Å². The number of carbonyl (C=O) groups excluding carboxylic acids is 2. The number of urea groups is 1. The smallest absolute Gasteiger partial charge is 0.337 e. The number of carbonyl (C=O) groups is 2. The van der Waals surface area contributed by atoms with Crippen LogP contribution in [0.4, 0.5) is 10.5 Å². The van der Waals surface area contributed by atoms with Crippen molar-refractivity contribution in [2.24, 2.45) is 5.10 Å². The molecule has 2 heterocycles. The Morgan fingerprint density at radius 3 is 2.66 bits per heavy atom. The van der Waals surface area contributed by atoms with E-state index in [4.69, 9.17) is 23.4 Å². The SMILES string of the molecule is CCOc1cc([C@@H]2NC(=O)NC(C)=C2C(=O)OC)ccc1OC[C@H](O)N/N=C\c1ccc(-c2ccc([N+](=O)[O-])cc2OC)o1. The van der Waals surface area contributed by atoms with E-state index in [1.165, 1.54) is 38.6 Å². The average molecular weight is 610 g/mol. The van der Waals surface area contributed by atoms with Gasteiger partial charge in [0, 0.05) is 11.8 Å². The summed E-state index contributed by atoms with van der Waals surface area (Å²) in [6.45, 7) is 3.49. The topological polar surface area (TPSA) is 196 Å². The first-order valence-corrected chi connectivity index (χ1v) is 13.3. The van der Waals surface area contributed by atoms with Gasteiger partial charge in [-0.1, -0.05) is 6.07 Å². The second-order valence-corrected chi connectivity index (χ2v) is 9.26. The summed E-state index contributed by atoms with van der Waals surface area (Å²) in [4.78, 5) is 35.1. The van der Waals surface area contributed by atoms with E-state index < -0.39 is 29.2 Å². The molecule has 0 saturated carbocycles. The Hall–Kier alpha value is -5.57. The van der Waals surface area contributed by atoms with Crippen molar-refractivity contribution in [3.63, 3.8) is 0 Å².